The van der Waals surface area contributed by atoms with Crippen LogP contribution in [0, 0.1) is 11.7 Å². The van der Waals surface area contributed by atoms with Crippen molar-refractivity contribution in [1.29, 1.82) is 0 Å². The maximum atomic E-state index is 13.1. The molecule has 1 aromatic rings. The highest BCUT2D eigenvalue weighted by molar-refractivity contribution is 9.10. The second-order valence-corrected chi connectivity index (χ2v) is 7.78. The number of hydrogen-bond acceptors (Lipinski definition) is 3. The van der Waals surface area contributed by atoms with E-state index in [4.69, 9.17) is 0 Å². The lowest BCUT2D eigenvalue weighted by molar-refractivity contribution is -0.135. The van der Waals surface area contributed by atoms with Crippen LogP contribution in [-0.4, -0.2) is 34.8 Å². The number of imide groups is 1. The molecule has 2 aliphatic rings. The van der Waals surface area contributed by atoms with Gasteiger partial charge in [-0.3, -0.25) is 14.5 Å². The summed E-state index contributed by atoms with van der Waals surface area (Å²) in [6.07, 6.45) is 4.07. The first kappa shape index (κ1) is 18.8. The maximum Gasteiger partial charge on any atom is 0.325 e. The smallest absolute Gasteiger partial charge is 0.323 e. The van der Waals surface area contributed by atoms with Crippen LogP contribution in [0.3, 0.4) is 0 Å². The molecule has 1 aliphatic carbocycles. The van der Waals surface area contributed by atoms with E-state index >= 15 is 0 Å². The van der Waals surface area contributed by atoms with Gasteiger partial charge in [-0.1, -0.05) is 13.3 Å². The lowest BCUT2D eigenvalue weighted by atomic mass is 9.75. The molecule has 0 unspecified atom stereocenters. The van der Waals surface area contributed by atoms with Crippen LogP contribution in [0.2, 0.25) is 0 Å². The van der Waals surface area contributed by atoms with E-state index in [1.54, 1.807) is 0 Å². The van der Waals surface area contributed by atoms with Gasteiger partial charge in [0.1, 0.15) is 17.9 Å². The summed E-state index contributed by atoms with van der Waals surface area (Å²) in [5, 5.41) is 5.39. The van der Waals surface area contributed by atoms with Crippen molar-refractivity contribution in [2.24, 2.45) is 5.92 Å². The molecule has 6 nitrogen and oxygen atoms in total. The average molecular weight is 426 g/mol. The molecular formula is C18H21BrFN3O3. The summed E-state index contributed by atoms with van der Waals surface area (Å²) in [6.45, 7) is 1.76. The predicted molar refractivity (Wildman–Crippen MR) is 98.0 cm³/mol. The molecule has 1 saturated heterocycles. The van der Waals surface area contributed by atoms with Crippen molar-refractivity contribution in [3.8, 4) is 0 Å². The first-order valence-corrected chi connectivity index (χ1v) is 9.53. The van der Waals surface area contributed by atoms with Gasteiger partial charge in [-0.25, -0.2) is 9.18 Å². The molecule has 0 aromatic heterocycles. The van der Waals surface area contributed by atoms with Crippen LogP contribution in [0.5, 0.6) is 0 Å². The summed E-state index contributed by atoms with van der Waals surface area (Å²) in [5.41, 5.74) is -0.485. The van der Waals surface area contributed by atoms with Gasteiger partial charge in [0.25, 0.3) is 5.91 Å². The van der Waals surface area contributed by atoms with Crippen molar-refractivity contribution in [2.75, 3.05) is 11.9 Å². The Morgan fingerprint density at radius 1 is 1.38 bits per heavy atom. The molecule has 3 rings (SSSR count). The summed E-state index contributed by atoms with van der Waals surface area (Å²) in [6, 6.07) is 3.33. The quantitative estimate of drug-likeness (QED) is 0.725. The van der Waals surface area contributed by atoms with E-state index in [1.165, 1.54) is 18.2 Å². The van der Waals surface area contributed by atoms with Gasteiger partial charge in [0.2, 0.25) is 5.91 Å². The summed E-state index contributed by atoms with van der Waals surface area (Å²) in [5.74, 6) is -0.697. The van der Waals surface area contributed by atoms with Crippen molar-refractivity contribution in [2.45, 2.75) is 44.6 Å². The first-order valence-electron chi connectivity index (χ1n) is 8.73. The topological polar surface area (TPSA) is 78.5 Å². The minimum atomic E-state index is -0.862. The minimum Gasteiger partial charge on any atom is -0.323 e. The first-order chi connectivity index (χ1) is 12.3. The van der Waals surface area contributed by atoms with E-state index in [-0.39, 0.29) is 12.5 Å². The van der Waals surface area contributed by atoms with Crippen molar-refractivity contribution in [1.82, 2.24) is 10.2 Å². The second kappa shape index (κ2) is 7.34. The molecule has 4 amide bonds. The molecule has 1 aliphatic heterocycles. The van der Waals surface area contributed by atoms with Gasteiger partial charge in [-0.2, -0.15) is 0 Å². The van der Waals surface area contributed by atoms with Crippen molar-refractivity contribution in [3.05, 3.63) is 28.5 Å². The molecule has 0 bridgehead atoms. The largest absolute Gasteiger partial charge is 0.325 e. The van der Waals surface area contributed by atoms with Gasteiger partial charge >= 0.3 is 6.03 Å². The number of rotatable bonds is 4. The molecule has 140 valence electrons. The van der Waals surface area contributed by atoms with E-state index in [9.17, 15) is 18.8 Å². The molecule has 1 heterocycles. The van der Waals surface area contributed by atoms with Crippen LogP contribution >= 0.6 is 15.9 Å². The molecule has 0 radical (unpaired) electrons. The third-order valence-corrected chi connectivity index (χ3v) is 5.95. The third kappa shape index (κ3) is 3.60. The highest BCUT2D eigenvalue weighted by Crippen LogP contribution is 2.37. The number of amides is 4. The van der Waals surface area contributed by atoms with Gasteiger partial charge in [-0.05, 0) is 65.7 Å². The van der Waals surface area contributed by atoms with Crippen molar-refractivity contribution in [3.63, 3.8) is 0 Å². The monoisotopic (exact) mass is 425 g/mol. The Labute approximate surface area is 159 Å². The summed E-state index contributed by atoms with van der Waals surface area (Å²) < 4.78 is 13.5. The SMILES string of the molecule is CCC1CCC2(CC1)NC(=O)N(CC(=O)Nc1ccc(F)cc1Br)C2=O. The Morgan fingerprint density at radius 2 is 2.08 bits per heavy atom. The number of halogens is 2. The van der Waals surface area contributed by atoms with Gasteiger partial charge in [0.15, 0.2) is 0 Å². The van der Waals surface area contributed by atoms with E-state index in [2.05, 4.69) is 33.5 Å². The normalized spacial score (nSPS) is 25.5. The number of carbonyl (C=O) groups excluding carboxylic acids is 3. The fraction of sp³-hybridized carbons (Fsp3) is 0.500. The predicted octanol–water partition coefficient (Wildman–Crippen LogP) is 3.42. The summed E-state index contributed by atoms with van der Waals surface area (Å²) >= 11 is 3.17. The third-order valence-electron chi connectivity index (χ3n) is 5.29. The Kier molecular flexibility index (Phi) is 5.32. The van der Waals surface area contributed by atoms with Crippen LogP contribution in [0.4, 0.5) is 14.9 Å². The molecule has 26 heavy (non-hydrogen) atoms. The van der Waals surface area contributed by atoms with Crippen LogP contribution in [0.1, 0.15) is 39.0 Å². The number of anilines is 1. The summed E-state index contributed by atoms with van der Waals surface area (Å²) in [4.78, 5) is 38.3. The molecule has 8 heteroatoms. The number of benzene rings is 1. The number of carbonyl (C=O) groups is 3. The van der Waals surface area contributed by atoms with Crippen LogP contribution < -0.4 is 10.6 Å². The van der Waals surface area contributed by atoms with Crippen molar-refractivity contribution < 1.29 is 18.8 Å². The zero-order valence-electron chi connectivity index (χ0n) is 14.5. The van der Waals surface area contributed by atoms with E-state index in [0.717, 1.165) is 24.2 Å². The fourth-order valence-corrected chi connectivity index (χ4v) is 4.11. The van der Waals surface area contributed by atoms with E-state index in [1.807, 2.05) is 0 Å². The molecule has 1 saturated carbocycles. The highest BCUT2D eigenvalue weighted by atomic mass is 79.9. The minimum absolute atomic E-state index is 0.328. The average Bonchev–Trinajstić information content (AvgIpc) is 2.82. The fourth-order valence-electron chi connectivity index (χ4n) is 3.66. The van der Waals surface area contributed by atoms with E-state index < -0.39 is 23.3 Å². The molecule has 0 atom stereocenters. The number of nitrogens with zero attached hydrogens (tertiary/aromatic N) is 1. The van der Waals surface area contributed by atoms with Crippen LogP contribution in [0.15, 0.2) is 22.7 Å². The zero-order valence-corrected chi connectivity index (χ0v) is 16.1. The molecule has 1 spiro atoms. The standard InChI is InChI=1S/C18H21BrFN3O3/c1-2-11-5-7-18(8-6-11)16(25)23(17(26)22-18)10-15(24)21-14-4-3-12(20)9-13(14)19/h3-4,9,11H,2,5-8,10H2,1H3,(H,21,24)(H,22,26). The molecule has 2 N–H and O–H groups in total. The lowest BCUT2D eigenvalue weighted by Crippen LogP contribution is -2.49. The van der Waals surface area contributed by atoms with Gasteiger partial charge in [-0.15, -0.1) is 0 Å². The Morgan fingerprint density at radius 3 is 2.69 bits per heavy atom. The second-order valence-electron chi connectivity index (χ2n) is 6.93. The van der Waals surface area contributed by atoms with Crippen molar-refractivity contribution >= 4 is 39.5 Å². The van der Waals surface area contributed by atoms with Gasteiger partial charge in [0, 0.05) is 4.47 Å². The van der Waals surface area contributed by atoms with Crippen LogP contribution in [0.25, 0.3) is 0 Å². The molecule has 2 fully saturated rings. The number of nitrogens with one attached hydrogen (secondary N) is 2. The molecular weight excluding hydrogens is 405 g/mol. The Bertz CT molecular complexity index is 747. The van der Waals surface area contributed by atoms with E-state index in [0.29, 0.717) is 28.9 Å². The highest BCUT2D eigenvalue weighted by Gasteiger charge is 2.52. The Balaban J connectivity index is 1.65. The van der Waals surface area contributed by atoms with Gasteiger partial charge < -0.3 is 10.6 Å². The maximum absolute atomic E-state index is 13.1. The van der Waals surface area contributed by atoms with Gasteiger partial charge in [0.05, 0.1) is 5.69 Å². The summed E-state index contributed by atoms with van der Waals surface area (Å²) in [7, 11) is 0. The number of urea groups is 1. The number of hydrogen-bond donors (Lipinski definition) is 2. The zero-order chi connectivity index (χ0) is 18.9. The lowest BCUT2D eigenvalue weighted by Gasteiger charge is -2.34. The van der Waals surface area contributed by atoms with Crippen LogP contribution in [-0.2, 0) is 9.59 Å². The molecule has 1 aromatic carbocycles. The Hall–Kier alpha value is -1.96.